The molecule has 0 spiro atoms. The highest BCUT2D eigenvalue weighted by atomic mass is 16.1. The van der Waals surface area contributed by atoms with E-state index >= 15 is 0 Å². The van der Waals surface area contributed by atoms with Gasteiger partial charge in [-0.15, -0.1) is 0 Å². The van der Waals surface area contributed by atoms with Gasteiger partial charge in [0.15, 0.2) is 0 Å². The van der Waals surface area contributed by atoms with Crippen LogP contribution in [0.1, 0.15) is 118 Å². The van der Waals surface area contributed by atoms with Crippen molar-refractivity contribution in [2.45, 2.75) is 118 Å². The van der Waals surface area contributed by atoms with Crippen molar-refractivity contribution in [1.29, 1.82) is 0 Å². The predicted molar refractivity (Wildman–Crippen MR) is 123 cm³/mol. The van der Waals surface area contributed by atoms with Crippen molar-refractivity contribution in [3.05, 3.63) is 0 Å². The molecule has 0 aromatic rings. The van der Waals surface area contributed by atoms with Crippen molar-refractivity contribution >= 4 is 5.78 Å². The molecule has 0 aliphatic heterocycles. The van der Waals surface area contributed by atoms with Crippen molar-refractivity contribution in [3.8, 4) is 0 Å². The van der Waals surface area contributed by atoms with Gasteiger partial charge in [-0.25, -0.2) is 0 Å². The first-order valence-corrected chi connectivity index (χ1v) is 13.3. The molecule has 0 aromatic heterocycles. The molecule has 0 aromatic carbocycles. The number of hydrogen-bond acceptors (Lipinski definition) is 1. The normalized spacial score (nSPS) is 46.0. The topological polar surface area (TPSA) is 17.1 Å². The van der Waals surface area contributed by atoms with Gasteiger partial charge < -0.3 is 0 Å². The van der Waals surface area contributed by atoms with Gasteiger partial charge in [-0.2, -0.15) is 0 Å². The minimum absolute atomic E-state index is 0.456. The number of carbonyl (C=O) groups is 1. The van der Waals surface area contributed by atoms with Crippen LogP contribution in [0.15, 0.2) is 0 Å². The van der Waals surface area contributed by atoms with Crippen LogP contribution in [0.25, 0.3) is 0 Å². The summed E-state index contributed by atoms with van der Waals surface area (Å²) in [4.78, 5) is 12.3. The van der Waals surface area contributed by atoms with Gasteiger partial charge >= 0.3 is 0 Å². The Labute approximate surface area is 181 Å². The third kappa shape index (κ3) is 3.87. The molecule has 4 aliphatic rings. The lowest BCUT2D eigenvalue weighted by molar-refractivity contribution is -0.124. The number of Topliss-reactive ketones (excluding diaryl/α,β-unsaturated/α-hetero) is 1. The van der Waals surface area contributed by atoms with Crippen LogP contribution in [0.4, 0.5) is 0 Å². The fourth-order valence-electron chi connectivity index (χ4n) is 9.33. The second-order valence-electron chi connectivity index (χ2n) is 12.8. The standard InChI is InChI=1S/C28H48O/c1-19(2)8-6-9-20(3)24-13-14-25-23-12-11-21-18-22(29)10-7-16-27(21,4)26(23)15-17-28(24,25)5/h19-21,23-26H,6-18H2,1-5H3/t20-,21+,23-,24-,25-,26-,27+,28-/m1/s1. The summed E-state index contributed by atoms with van der Waals surface area (Å²) in [6.07, 6.45) is 17.2. The summed E-state index contributed by atoms with van der Waals surface area (Å²) >= 11 is 0. The molecule has 1 nitrogen and oxygen atoms in total. The van der Waals surface area contributed by atoms with Crippen LogP contribution in [0, 0.1) is 52.3 Å². The molecule has 4 rings (SSSR count). The zero-order valence-corrected chi connectivity index (χ0v) is 20.1. The molecular formula is C28H48O. The molecule has 166 valence electrons. The molecule has 0 amide bonds. The molecule has 8 atom stereocenters. The molecule has 0 saturated heterocycles. The Morgan fingerprint density at radius 2 is 1.66 bits per heavy atom. The van der Waals surface area contributed by atoms with E-state index in [4.69, 9.17) is 0 Å². The van der Waals surface area contributed by atoms with Crippen molar-refractivity contribution < 1.29 is 4.79 Å². The molecular weight excluding hydrogens is 352 g/mol. The summed E-state index contributed by atoms with van der Waals surface area (Å²) in [5.41, 5.74) is 1.06. The fourth-order valence-corrected chi connectivity index (χ4v) is 9.33. The average molecular weight is 401 g/mol. The van der Waals surface area contributed by atoms with Gasteiger partial charge in [-0.1, -0.05) is 53.9 Å². The van der Waals surface area contributed by atoms with Gasteiger partial charge in [0, 0.05) is 12.8 Å². The van der Waals surface area contributed by atoms with Crippen LogP contribution < -0.4 is 0 Å². The van der Waals surface area contributed by atoms with Crippen molar-refractivity contribution in [2.24, 2.45) is 52.3 Å². The van der Waals surface area contributed by atoms with E-state index in [1.54, 1.807) is 0 Å². The van der Waals surface area contributed by atoms with Gasteiger partial charge in [0.05, 0.1) is 0 Å². The van der Waals surface area contributed by atoms with E-state index in [-0.39, 0.29) is 0 Å². The number of ketones is 1. The Balaban J connectivity index is 1.48. The quantitative estimate of drug-likeness (QED) is 0.456. The van der Waals surface area contributed by atoms with Gasteiger partial charge in [0.25, 0.3) is 0 Å². The van der Waals surface area contributed by atoms with Crippen LogP contribution in [-0.2, 0) is 4.79 Å². The highest BCUT2D eigenvalue weighted by Gasteiger charge is 2.60. The van der Waals surface area contributed by atoms with E-state index in [0.717, 1.165) is 54.8 Å². The molecule has 0 bridgehead atoms. The summed E-state index contributed by atoms with van der Waals surface area (Å²) in [5, 5.41) is 0. The molecule has 29 heavy (non-hydrogen) atoms. The van der Waals surface area contributed by atoms with Gasteiger partial charge in [0.2, 0.25) is 0 Å². The summed E-state index contributed by atoms with van der Waals surface area (Å²) in [7, 11) is 0. The molecule has 0 heterocycles. The highest BCUT2D eigenvalue weighted by Crippen LogP contribution is 2.68. The van der Waals surface area contributed by atoms with Crippen LogP contribution in [0.5, 0.6) is 0 Å². The van der Waals surface area contributed by atoms with Crippen LogP contribution >= 0.6 is 0 Å². The van der Waals surface area contributed by atoms with Crippen LogP contribution in [-0.4, -0.2) is 5.78 Å². The predicted octanol–water partition coefficient (Wildman–Crippen LogP) is 8.07. The lowest BCUT2D eigenvalue weighted by Crippen LogP contribution is -2.52. The van der Waals surface area contributed by atoms with E-state index in [0.29, 0.717) is 22.5 Å². The fraction of sp³-hybridized carbons (Fsp3) is 0.964. The monoisotopic (exact) mass is 400 g/mol. The Morgan fingerprint density at radius 1 is 0.897 bits per heavy atom. The lowest BCUT2D eigenvalue weighted by Gasteiger charge is -2.59. The molecule has 0 N–H and O–H groups in total. The Hall–Kier alpha value is -0.330. The number of fused-ring (bicyclic) bond motifs is 5. The van der Waals surface area contributed by atoms with E-state index in [1.807, 2.05) is 0 Å². The smallest absolute Gasteiger partial charge is 0.133 e. The first kappa shape index (κ1) is 21.9. The summed E-state index contributed by atoms with van der Waals surface area (Å²) in [5.74, 6) is 6.80. The minimum atomic E-state index is 0.456. The van der Waals surface area contributed by atoms with Gasteiger partial charge in [0.1, 0.15) is 5.78 Å². The minimum Gasteiger partial charge on any atom is -0.300 e. The van der Waals surface area contributed by atoms with Crippen molar-refractivity contribution in [1.82, 2.24) is 0 Å². The molecule has 1 heteroatoms. The largest absolute Gasteiger partial charge is 0.300 e. The number of carbonyl (C=O) groups excluding carboxylic acids is 1. The summed E-state index contributed by atoms with van der Waals surface area (Å²) < 4.78 is 0. The summed E-state index contributed by atoms with van der Waals surface area (Å²) in [6.45, 7) is 12.6. The van der Waals surface area contributed by atoms with Gasteiger partial charge in [-0.3, -0.25) is 4.79 Å². The molecule has 4 fully saturated rings. The zero-order valence-electron chi connectivity index (χ0n) is 20.1. The van der Waals surface area contributed by atoms with Crippen LogP contribution in [0.2, 0.25) is 0 Å². The SMILES string of the molecule is CC(C)CCC[C@@H](C)[C@H]1CC[C@@H]2[C@H]3CC[C@H]4CC(=O)CCC[C@]4(C)[C@@H]3CC[C@@]21C. The van der Waals surface area contributed by atoms with E-state index in [1.165, 1.54) is 64.2 Å². The molecule has 0 radical (unpaired) electrons. The highest BCUT2D eigenvalue weighted by molar-refractivity contribution is 5.79. The zero-order chi connectivity index (χ0) is 20.8. The second kappa shape index (κ2) is 8.31. The summed E-state index contributed by atoms with van der Waals surface area (Å²) in [6, 6.07) is 0. The molecule has 4 saturated carbocycles. The molecule has 0 unspecified atom stereocenters. The number of hydrogen-bond donors (Lipinski definition) is 0. The van der Waals surface area contributed by atoms with Crippen LogP contribution in [0.3, 0.4) is 0 Å². The first-order valence-electron chi connectivity index (χ1n) is 13.3. The second-order valence-corrected chi connectivity index (χ2v) is 12.8. The lowest BCUT2D eigenvalue weighted by atomic mass is 9.46. The van der Waals surface area contributed by atoms with E-state index < -0.39 is 0 Å². The maximum Gasteiger partial charge on any atom is 0.133 e. The Morgan fingerprint density at radius 3 is 2.41 bits per heavy atom. The first-order chi connectivity index (χ1) is 13.8. The van der Waals surface area contributed by atoms with Crippen molar-refractivity contribution in [3.63, 3.8) is 0 Å². The van der Waals surface area contributed by atoms with Crippen molar-refractivity contribution in [2.75, 3.05) is 0 Å². The van der Waals surface area contributed by atoms with Gasteiger partial charge in [-0.05, 0) is 104 Å². The maximum atomic E-state index is 12.3. The third-order valence-electron chi connectivity index (χ3n) is 10.9. The third-order valence-corrected chi connectivity index (χ3v) is 10.9. The Bertz CT molecular complexity index is 593. The van der Waals surface area contributed by atoms with E-state index in [9.17, 15) is 4.79 Å². The Kier molecular flexibility index (Phi) is 6.27. The number of rotatable bonds is 5. The average Bonchev–Trinajstić information content (AvgIpc) is 2.92. The van der Waals surface area contributed by atoms with E-state index in [2.05, 4.69) is 34.6 Å². The molecule has 4 aliphatic carbocycles. The maximum absolute atomic E-state index is 12.3.